The molecule has 1 amide bonds. The molecule has 1 N–H and O–H groups in total. The van der Waals surface area contributed by atoms with Crippen molar-refractivity contribution < 1.29 is 4.79 Å². The van der Waals surface area contributed by atoms with Crippen molar-refractivity contribution >= 4 is 34.1 Å². The molecule has 3 rings (SSSR count). The van der Waals surface area contributed by atoms with Gasteiger partial charge in [0.25, 0.3) is 0 Å². The SMILES string of the molecule is CN(C)C(=O)C1CCN(c2cc(Cl)cc3[nH]ccc23)CC1. The van der Waals surface area contributed by atoms with Crippen LogP contribution in [0.15, 0.2) is 24.4 Å². The molecule has 0 atom stereocenters. The number of H-pyrrole nitrogens is 1. The number of piperidine rings is 1. The van der Waals surface area contributed by atoms with Crippen LogP contribution in [-0.4, -0.2) is 43.0 Å². The average molecular weight is 306 g/mol. The Bertz CT molecular complexity index is 657. The van der Waals surface area contributed by atoms with Crippen LogP contribution in [0.3, 0.4) is 0 Å². The van der Waals surface area contributed by atoms with Crippen molar-refractivity contribution in [3.8, 4) is 0 Å². The average Bonchev–Trinajstić information content (AvgIpc) is 2.93. The van der Waals surface area contributed by atoms with Gasteiger partial charge in [-0.2, -0.15) is 0 Å². The first kappa shape index (κ1) is 14.3. The van der Waals surface area contributed by atoms with E-state index in [1.807, 2.05) is 32.4 Å². The van der Waals surface area contributed by atoms with E-state index in [9.17, 15) is 4.79 Å². The zero-order valence-electron chi connectivity index (χ0n) is 12.4. The summed E-state index contributed by atoms with van der Waals surface area (Å²) in [5, 5.41) is 1.93. The highest BCUT2D eigenvalue weighted by Gasteiger charge is 2.26. The van der Waals surface area contributed by atoms with Crippen molar-refractivity contribution in [2.24, 2.45) is 5.92 Å². The molecule has 0 unspecified atom stereocenters. The zero-order chi connectivity index (χ0) is 15.0. The van der Waals surface area contributed by atoms with E-state index in [1.54, 1.807) is 4.90 Å². The van der Waals surface area contributed by atoms with E-state index in [0.717, 1.165) is 42.2 Å². The number of nitrogens with one attached hydrogen (secondary N) is 1. The maximum atomic E-state index is 12.0. The van der Waals surface area contributed by atoms with Gasteiger partial charge in [-0.05, 0) is 31.0 Å². The fourth-order valence-electron chi connectivity index (χ4n) is 3.11. The Morgan fingerprint density at radius 2 is 2.05 bits per heavy atom. The monoisotopic (exact) mass is 305 g/mol. The number of rotatable bonds is 2. The van der Waals surface area contributed by atoms with Crippen LogP contribution in [-0.2, 0) is 4.79 Å². The highest BCUT2D eigenvalue weighted by Crippen LogP contribution is 2.33. The first-order valence-corrected chi connectivity index (χ1v) is 7.67. The highest BCUT2D eigenvalue weighted by molar-refractivity contribution is 6.31. The van der Waals surface area contributed by atoms with Crippen molar-refractivity contribution in [1.29, 1.82) is 0 Å². The lowest BCUT2D eigenvalue weighted by molar-refractivity contribution is -0.133. The topological polar surface area (TPSA) is 39.3 Å². The number of carbonyl (C=O) groups is 1. The van der Waals surface area contributed by atoms with Gasteiger partial charge in [0.1, 0.15) is 0 Å². The van der Waals surface area contributed by atoms with Crippen molar-refractivity contribution in [2.45, 2.75) is 12.8 Å². The quantitative estimate of drug-likeness (QED) is 0.926. The normalized spacial score (nSPS) is 16.4. The summed E-state index contributed by atoms with van der Waals surface area (Å²) in [6.07, 6.45) is 3.73. The Morgan fingerprint density at radius 1 is 1.33 bits per heavy atom. The summed E-state index contributed by atoms with van der Waals surface area (Å²) in [6.45, 7) is 1.79. The lowest BCUT2D eigenvalue weighted by Gasteiger charge is -2.34. The number of aromatic nitrogens is 1. The molecule has 2 heterocycles. The summed E-state index contributed by atoms with van der Waals surface area (Å²) in [5.74, 6) is 0.393. The molecule has 1 aromatic carbocycles. The van der Waals surface area contributed by atoms with E-state index >= 15 is 0 Å². The first-order valence-electron chi connectivity index (χ1n) is 7.29. The smallest absolute Gasteiger partial charge is 0.225 e. The molecule has 21 heavy (non-hydrogen) atoms. The lowest BCUT2D eigenvalue weighted by atomic mass is 9.95. The summed E-state index contributed by atoms with van der Waals surface area (Å²) in [7, 11) is 3.66. The van der Waals surface area contributed by atoms with E-state index in [2.05, 4.69) is 16.0 Å². The summed E-state index contributed by atoms with van der Waals surface area (Å²) < 4.78 is 0. The minimum Gasteiger partial charge on any atom is -0.371 e. The van der Waals surface area contributed by atoms with Gasteiger partial charge >= 0.3 is 0 Å². The molecule has 1 aromatic heterocycles. The zero-order valence-corrected chi connectivity index (χ0v) is 13.2. The van der Waals surface area contributed by atoms with Gasteiger partial charge < -0.3 is 14.8 Å². The Balaban J connectivity index is 1.80. The van der Waals surface area contributed by atoms with Gasteiger partial charge in [0.15, 0.2) is 0 Å². The molecular weight excluding hydrogens is 286 g/mol. The molecule has 1 aliphatic heterocycles. The molecule has 0 spiro atoms. The second-order valence-corrected chi connectivity index (χ2v) is 6.29. The summed E-state index contributed by atoms with van der Waals surface area (Å²) in [5.41, 5.74) is 2.22. The van der Waals surface area contributed by atoms with E-state index in [-0.39, 0.29) is 11.8 Å². The molecule has 1 fully saturated rings. The van der Waals surface area contributed by atoms with E-state index in [1.165, 1.54) is 5.39 Å². The number of halogens is 1. The summed E-state index contributed by atoms with van der Waals surface area (Å²) in [4.78, 5) is 19.3. The van der Waals surface area contributed by atoms with Crippen LogP contribution in [0.25, 0.3) is 10.9 Å². The minimum atomic E-state index is 0.150. The molecule has 5 heteroatoms. The third-order valence-corrected chi connectivity index (χ3v) is 4.46. The molecule has 0 bridgehead atoms. The van der Waals surface area contributed by atoms with Crippen LogP contribution >= 0.6 is 11.6 Å². The predicted molar refractivity (Wildman–Crippen MR) is 86.9 cm³/mol. The van der Waals surface area contributed by atoms with Gasteiger partial charge in [-0.25, -0.2) is 0 Å². The molecule has 1 saturated heterocycles. The molecule has 1 aliphatic rings. The second-order valence-electron chi connectivity index (χ2n) is 5.86. The summed E-state index contributed by atoms with van der Waals surface area (Å²) >= 11 is 6.21. The second kappa shape index (κ2) is 5.60. The van der Waals surface area contributed by atoms with Gasteiger partial charge in [-0.1, -0.05) is 11.6 Å². The lowest BCUT2D eigenvalue weighted by Crippen LogP contribution is -2.40. The van der Waals surface area contributed by atoms with Crippen molar-refractivity contribution in [1.82, 2.24) is 9.88 Å². The molecule has 0 aliphatic carbocycles. The number of hydrogen-bond donors (Lipinski definition) is 1. The van der Waals surface area contributed by atoms with Crippen LogP contribution in [0.1, 0.15) is 12.8 Å². The van der Waals surface area contributed by atoms with Crippen LogP contribution in [0.4, 0.5) is 5.69 Å². The van der Waals surface area contributed by atoms with Crippen molar-refractivity contribution in [2.75, 3.05) is 32.1 Å². The standard InChI is InChI=1S/C16H20ClN3O/c1-19(2)16(21)11-4-7-20(8-5-11)15-10-12(17)9-14-13(15)3-6-18-14/h3,6,9-11,18H,4-5,7-8H2,1-2H3. The summed E-state index contributed by atoms with van der Waals surface area (Å²) in [6, 6.07) is 6.05. The fourth-order valence-corrected chi connectivity index (χ4v) is 3.32. The van der Waals surface area contributed by atoms with Gasteiger partial charge in [0, 0.05) is 60.9 Å². The maximum Gasteiger partial charge on any atom is 0.225 e. The van der Waals surface area contributed by atoms with Crippen molar-refractivity contribution in [3.05, 3.63) is 29.4 Å². The van der Waals surface area contributed by atoms with Crippen molar-refractivity contribution in [3.63, 3.8) is 0 Å². The van der Waals surface area contributed by atoms with E-state index < -0.39 is 0 Å². The predicted octanol–water partition coefficient (Wildman–Crippen LogP) is 3.13. The number of anilines is 1. The number of nitrogens with zero attached hydrogens (tertiary/aromatic N) is 2. The van der Waals surface area contributed by atoms with Crippen LogP contribution in [0.2, 0.25) is 5.02 Å². The third-order valence-electron chi connectivity index (χ3n) is 4.24. The third kappa shape index (κ3) is 2.72. The van der Waals surface area contributed by atoms with Gasteiger partial charge in [0.05, 0.1) is 0 Å². The molecule has 2 aromatic rings. The van der Waals surface area contributed by atoms with Crippen LogP contribution < -0.4 is 4.90 Å². The largest absolute Gasteiger partial charge is 0.371 e. The Hall–Kier alpha value is -1.68. The number of amides is 1. The maximum absolute atomic E-state index is 12.0. The first-order chi connectivity index (χ1) is 10.1. The molecule has 112 valence electrons. The van der Waals surface area contributed by atoms with Crippen LogP contribution in [0.5, 0.6) is 0 Å². The number of carbonyl (C=O) groups excluding carboxylic acids is 1. The number of hydrogen-bond acceptors (Lipinski definition) is 2. The highest BCUT2D eigenvalue weighted by atomic mass is 35.5. The van der Waals surface area contributed by atoms with Crippen LogP contribution in [0, 0.1) is 5.92 Å². The molecule has 0 saturated carbocycles. The number of fused-ring (bicyclic) bond motifs is 1. The molecular formula is C16H20ClN3O. The van der Waals surface area contributed by atoms with E-state index in [0.29, 0.717) is 0 Å². The fraction of sp³-hybridized carbons (Fsp3) is 0.438. The Labute approximate surface area is 129 Å². The van der Waals surface area contributed by atoms with Gasteiger partial charge in [-0.3, -0.25) is 4.79 Å². The van der Waals surface area contributed by atoms with Gasteiger partial charge in [0.2, 0.25) is 5.91 Å². The molecule has 0 radical (unpaired) electrons. The number of aromatic amines is 1. The van der Waals surface area contributed by atoms with E-state index in [4.69, 9.17) is 11.6 Å². The Kier molecular flexibility index (Phi) is 3.81. The molecule has 4 nitrogen and oxygen atoms in total. The Morgan fingerprint density at radius 3 is 2.71 bits per heavy atom. The van der Waals surface area contributed by atoms with Gasteiger partial charge in [-0.15, -0.1) is 0 Å². The number of benzene rings is 1. The minimum absolute atomic E-state index is 0.150.